The first-order valence-electron chi connectivity index (χ1n) is 10.9. The molecule has 0 aromatic rings. The van der Waals surface area contributed by atoms with Gasteiger partial charge in [0.25, 0.3) is 0 Å². The average Bonchev–Trinajstić information content (AvgIpc) is 3.11. The molecule has 154 valence electrons. The third-order valence-electron chi connectivity index (χ3n) is 6.37. The molecule has 2 aliphatic carbocycles. The SMILES string of the molecule is CCCC[C@H](C)C[C@H](O)/C=C/[C@H]1[C@H](O)CC2C=C(CCCCC(N)=O)C[C@@H]21. The number of hydrogen-bond acceptors (Lipinski definition) is 3. The van der Waals surface area contributed by atoms with E-state index in [2.05, 4.69) is 26.0 Å². The molecule has 6 atom stereocenters. The Morgan fingerprint density at radius 1 is 1.37 bits per heavy atom. The maximum absolute atomic E-state index is 10.8. The van der Waals surface area contributed by atoms with Gasteiger partial charge >= 0.3 is 0 Å². The quantitative estimate of drug-likeness (QED) is 0.353. The number of primary amides is 1. The van der Waals surface area contributed by atoms with Gasteiger partial charge in [0.15, 0.2) is 0 Å². The van der Waals surface area contributed by atoms with Crippen molar-refractivity contribution in [1.82, 2.24) is 0 Å². The van der Waals surface area contributed by atoms with Gasteiger partial charge in [0.05, 0.1) is 12.2 Å². The van der Waals surface area contributed by atoms with Crippen molar-refractivity contribution in [2.24, 2.45) is 29.4 Å². The van der Waals surface area contributed by atoms with Crippen LogP contribution in [-0.4, -0.2) is 28.3 Å². The topological polar surface area (TPSA) is 83.6 Å². The molecule has 0 spiro atoms. The lowest BCUT2D eigenvalue weighted by Crippen LogP contribution is -2.18. The second kappa shape index (κ2) is 11.0. The van der Waals surface area contributed by atoms with Crippen molar-refractivity contribution >= 4 is 5.91 Å². The first kappa shape index (κ1) is 22.2. The standard InChI is InChI=1S/C23H39NO3/c1-3-4-7-16(2)12-19(25)10-11-20-21-14-17(8-5-6-9-23(24)27)13-18(21)15-22(20)26/h10-11,13,16,18-22,25-26H,3-9,12,14-15H2,1-2H3,(H2,24,27)/b11-10+/t16-,18?,19+,20+,21-,22+/m0/s1. The summed E-state index contributed by atoms with van der Waals surface area (Å²) >= 11 is 0. The summed E-state index contributed by atoms with van der Waals surface area (Å²) in [4.78, 5) is 10.8. The number of rotatable bonds is 12. The predicted molar refractivity (Wildman–Crippen MR) is 110 cm³/mol. The van der Waals surface area contributed by atoms with Gasteiger partial charge in [-0.25, -0.2) is 0 Å². The molecule has 0 aromatic carbocycles. The lowest BCUT2D eigenvalue weighted by atomic mass is 9.88. The summed E-state index contributed by atoms with van der Waals surface area (Å²) in [6, 6.07) is 0. The molecule has 1 amide bonds. The molecule has 0 aliphatic heterocycles. The van der Waals surface area contributed by atoms with E-state index in [4.69, 9.17) is 5.73 Å². The summed E-state index contributed by atoms with van der Waals surface area (Å²) in [6.07, 6.45) is 15.3. The van der Waals surface area contributed by atoms with Crippen LogP contribution in [0.4, 0.5) is 0 Å². The number of amides is 1. The Hall–Kier alpha value is -1.13. The van der Waals surface area contributed by atoms with Crippen LogP contribution in [0.25, 0.3) is 0 Å². The highest BCUT2D eigenvalue weighted by molar-refractivity contribution is 5.73. The molecule has 2 aliphatic rings. The van der Waals surface area contributed by atoms with Crippen molar-refractivity contribution in [3.63, 3.8) is 0 Å². The molecule has 0 heterocycles. The van der Waals surface area contributed by atoms with E-state index in [9.17, 15) is 15.0 Å². The summed E-state index contributed by atoms with van der Waals surface area (Å²) in [7, 11) is 0. The molecular formula is C23H39NO3. The van der Waals surface area contributed by atoms with Crippen molar-refractivity contribution in [3.8, 4) is 0 Å². The highest BCUT2D eigenvalue weighted by Gasteiger charge is 2.43. The third-order valence-corrected chi connectivity index (χ3v) is 6.37. The van der Waals surface area contributed by atoms with E-state index in [1.807, 2.05) is 6.08 Å². The van der Waals surface area contributed by atoms with Gasteiger partial charge < -0.3 is 15.9 Å². The number of fused-ring (bicyclic) bond motifs is 1. The number of nitrogens with two attached hydrogens (primary N) is 1. The molecule has 27 heavy (non-hydrogen) atoms. The van der Waals surface area contributed by atoms with Gasteiger partial charge in [-0.1, -0.05) is 56.9 Å². The Morgan fingerprint density at radius 3 is 2.85 bits per heavy atom. The molecule has 2 rings (SSSR count). The Balaban J connectivity index is 1.79. The van der Waals surface area contributed by atoms with Crippen LogP contribution >= 0.6 is 0 Å². The molecule has 1 unspecified atom stereocenters. The van der Waals surface area contributed by atoms with Crippen LogP contribution in [0.5, 0.6) is 0 Å². The van der Waals surface area contributed by atoms with Gasteiger partial charge in [0.2, 0.25) is 5.91 Å². The van der Waals surface area contributed by atoms with Crippen molar-refractivity contribution < 1.29 is 15.0 Å². The van der Waals surface area contributed by atoms with Crippen LogP contribution in [0.15, 0.2) is 23.8 Å². The van der Waals surface area contributed by atoms with Gasteiger partial charge in [-0.3, -0.25) is 4.79 Å². The lowest BCUT2D eigenvalue weighted by Gasteiger charge is -2.19. The summed E-state index contributed by atoms with van der Waals surface area (Å²) < 4.78 is 0. The predicted octanol–water partition coefficient (Wildman–Crippen LogP) is 4.11. The fourth-order valence-electron chi connectivity index (χ4n) is 4.86. The molecule has 1 saturated carbocycles. The molecule has 0 saturated heterocycles. The van der Waals surface area contributed by atoms with Gasteiger partial charge in [-0.05, 0) is 56.3 Å². The highest BCUT2D eigenvalue weighted by atomic mass is 16.3. The van der Waals surface area contributed by atoms with Gasteiger partial charge in [-0.2, -0.15) is 0 Å². The summed E-state index contributed by atoms with van der Waals surface area (Å²) in [5.41, 5.74) is 6.66. The van der Waals surface area contributed by atoms with Crippen LogP contribution in [0.3, 0.4) is 0 Å². The zero-order valence-corrected chi connectivity index (χ0v) is 17.1. The Bertz CT molecular complexity index is 528. The molecule has 0 radical (unpaired) electrons. The Labute approximate surface area is 164 Å². The summed E-state index contributed by atoms with van der Waals surface area (Å²) in [5, 5.41) is 20.8. The summed E-state index contributed by atoms with van der Waals surface area (Å²) in [5.74, 6) is 1.39. The minimum Gasteiger partial charge on any atom is -0.392 e. The zero-order valence-electron chi connectivity index (χ0n) is 17.1. The van der Waals surface area contributed by atoms with Crippen molar-refractivity contribution in [2.75, 3.05) is 0 Å². The van der Waals surface area contributed by atoms with E-state index in [1.54, 1.807) is 0 Å². The first-order valence-corrected chi connectivity index (χ1v) is 10.9. The molecule has 0 aromatic heterocycles. The highest BCUT2D eigenvalue weighted by Crippen LogP contribution is 2.48. The van der Waals surface area contributed by atoms with Gasteiger partial charge in [-0.15, -0.1) is 0 Å². The van der Waals surface area contributed by atoms with E-state index >= 15 is 0 Å². The number of hydrogen-bond donors (Lipinski definition) is 3. The van der Waals surface area contributed by atoms with Gasteiger partial charge in [0, 0.05) is 12.3 Å². The fourth-order valence-corrected chi connectivity index (χ4v) is 4.86. The van der Waals surface area contributed by atoms with E-state index < -0.39 is 6.10 Å². The minimum absolute atomic E-state index is 0.148. The smallest absolute Gasteiger partial charge is 0.217 e. The first-order chi connectivity index (χ1) is 12.9. The molecular weight excluding hydrogens is 338 g/mol. The third kappa shape index (κ3) is 7.08. The lowest BCUT2D eigenvalue weighted by molar-refractivity contribution is -0.118. The molecule has 4 N–H and O–H groups in total. The van der Waals surface area contributed by atoms with Crippen LogP contribution in [0.1, 0.15) is 78.1 Å². The van der Waals surface area contributed by atoms with E-state index in [0.29, 0.717) is 24.2 Å². The minimum atomic E-state index is -0.411. The number of carbonyl (C=O) groups excluding carboxylic acids is 1. The summed E-state index contributed by atoms with van der Waals surface area (Å²) in [6.45, 7) is 4.40. The molecule has 4 nitrogen and oxygen atoms in total. The average molecular weight is 378 g/mol. The molecule has 0 bridgehead atoms. The van der Waals surface area contributed by atoms with Crippen molar-refractivity contribution in [3.05, 3.63) is 23.8 Å². The van der Waals surface area contributed by atoms with Crippen molar-refractivity contribution in [2.45, 2.75) is 90.3 Å². The molecule has 4 heteroatoms. The number of aliphatic hydroxyl groups excluding tert-OH is 2. The number of allylic oxidation sites excluding steroid dienone is 2. The van der Waals surface area contributed by atoms with E-state index in [0.717, 1.165) is 38.5 Å². The Morgan fingerprint density at radius 2 is 2.15 bits per heavy atom. The van der Waals surface area contributed by atoms with E-state index in [-0.39, 0.29) is 17.9 Å². The zero-order chi connectivity index (χ0) is 19.8. The van der Waals surface area contributed by atoms with Crippen LogP contribution in [0, 0.1) is 23.7 Å². The monoisotopic (exact) mass is 377 g/mol. The maximum Gasteiger partial charge on any atom is 0.217 e. The van der Waals surface area contributed by atoms with E-state index in [1.165, 1.54) is 24.8 Å². The Kier molecular flexibility index (Phi) is 9.04. The second-order valence-corrected chi connectivity index (χ2v) is 8.85. The number of aliphatic hydroxyl groups is 2. The van der Waals surface area contributed by atoms with Gasteiger partial charge in [0.1, 0.15) is 0 Å². The van der Waals surface area contributed by atoms with Crippen LogP contribution in [0.2, 0.25) is 0 Å². The van der Waals surface area contributed by atoms with Crippen LogP contribution < -0.4 is 5.73 Å². The van der Waals surface area contributed by atoms with Crippen LogP contribution in [-0.2, 0) is 4.79 Å². The van der Waals surface area contributed by atoms with Crippen molar-refractivity contribution in [1.29, 1.82) is 0 Å². The number of carbonyl (C=O) groups is 1. The molecule has 1 fully saturated rings. The maximum atomic E-state index is 10.8. The normalized spacial score (nSPS) is 29.7. The largest absolute Gasteiger partial charge is 0.392 e. The second-order valence-electron chi connectivity index (χ2n) is 8.85. The fraction of sp³-hybridized carbons (Fsp3) is 0.783. The number of unbranched alkanes of at least 4 members (excludes halogenated alkanes) is 2.